The van der Waals surface area contributed by atoms with Crippen LogP contribution in [0.2, 0.25) is 0 Å². The highest BCUT2D eigenvalue weighted by atomic mass is 35.5. The third kappa shape index (κ3) is 4.42. The number of para-hydroxylation sites is 1. The van der Waals surface area contributed by atoms with Gasteiger partial charge in [0, 0.05) is 25.0 Å². The van der Waals surface area contributed by atoms with Crippen LogP contribution in [0.15, 0.2) is 24.3 Å². The van der Waals surface area contributed by atoms with Crippen LogP contribution in [0.1, 0.15) is 37.7 Å². The van der Waals surface area contributed by atoms with Crippen molar-refractivity contribution in [2.75, 3.05) is 13.1 Å². The number of amides is 1. The van der Waals surface area contributed by atoms with E-state index >= 15 is 0 Å². The topological polar surface area (TPSA) is 55.6 Å². The van der Waals surface area contributed by atoms with Crippen molar-refractivity contribution in [2.24, 2.45) is 17.6 Å². The summed E-state index contributed by atoms with van der Waals surface area (Å²) in [6.07, 6.45) is 2.61. The molecule has 0 aromatic heterocycles. The summed E-state index contributed by atoms with van der Waals surface area (Å²) < 4.78 is 29.7. The van der Waals surface area contributed by atoms with E-state index in [0.29, 0.717) is 24.4 Å². The first kappa shape index (κ1) is 19.9. The number of piperidine rings is 1. The van der Waals surface area contributed by atoms with Gasteiger partial charge < -0.3 is 15.4 Å². The summed E-state index contributed by atoms with van der Waals surface area (Å²) in [4.78, 5) is 14.7. The van der Waals surface area contributed by atoms with Gasteiger partial charge in [0.25, 0.3) is 0 Å². The second-order valence-corrected chi connectivity index (χ2v) is 6.92. The summed E-state index contributed by atoms with van der Waals surface area (Å²) in [6, 6.07) is 6.85. The quantitative estimate of drug-likeness (QED) is 0.859. The summed E-state index contributed by atoms with van der Waals surface area (Å²) in [5.74, 6) is 0.683. The normalized spacial score (nSPS) is 28.4. The molecule has 2 N–H and O–H groups in total. The van der Waals surface area contributed by atoms with E-state index < -0.39 is 6.61 Å². The number of halogens is 3. The van der Waals surface area contributed by atoms with Gasteiger partial charge >= 0.3 is 6.61 Å². The number of carbonyl (C=O) groups is 1. The molecule has 4 atom stereocenters. The van der Waals surface area contributed by atoms with E-state index in [-0.39, 0.29) is 41.9 Å². The zero-order chi connectivity index (χ0) is 17.3. The van der Waals surface area contributed by atoms with E-state index in [2.05, 4.69) is 11.7 Å². The SMILES string of the molecule is CC1CCN(C(=O)C2CC2c2ccccc2OC(F)F)C(CN)C1.Cl. The zero-order valence-corrected chi connectivity index (χ0v) is 15.1. The molecular formula is C18H25ClF2N2O2. The minimum Gasteiger partial charge on any atom is -0.435 e. The molecule has 140 valence electrons. The number of nitrogens with zero attached hydrogens (tertiary/aromatic N) is 1. The Kier molecular flexibility index (Phi) is 6.63. The fraction of sp³-hybridized carbons (Fsp3) is 0.611. The maximum absolute atomic E-state index is 12.8. The van der Waals surface area contributed by atoms with E-state index in [0.717, 1.165) is 19.4 Å². The average Bonchev–Trinajstić information content (AvgIpc) is 3.34. The van der Waals surface area contributed by atoms with Crippen molar-refractivity contribution in [3.8, 4) is 5.75 Å². The van der Waals surface area contributed by atoms with Gasteiger partial charge in [-0.2, -0.15) is 8.78 Å². The van der Waals surface area contributed by atoms with Gasteiger partial charge in [-0.05, 0) is 42.7 Å². The van der Waals surface area contributed by atoms with Crippen molar-refractivity contribution in [1.29, 1.82) is 0 Å². The van der Waals surface area contributed by atoms with Crippen molar-refractivity contribution in [2.45, 2.75) is 44.8 Å². The monoisotopic (exact) mass is 374 g/mol. The molecule has 1 saturated heterocycles. The number of hydrogen-bond acceptors (Lipinski definition) is 3. The molecule has 1 aliphatic heterocycles. The molecule has 2 fully saturated rings. The van der Waals surface area contributed by atoms with Crippen LogP contribution in [-0.2, 0) is 4.79 Å². The molecular weight excluding hydrogens is 350 g/mol. The van der Waals surface area contributed by atoms with E-state index in [9.17, 15) is 13.6 Å². The van der Waals surface area contributed by atoms with Crippen LogP contribution in [0.4, 0.5) is 8.78 Å². The van der Waals surface area contributed by atoms with Gasteiger partial charge in [-0.25, -0.2) is 0 Å². The van der Waals surface area contributed by atoms with E-state index in [4.69, 9.17) is 5.73 Å². The van der Waals surface area contributed by atoms with Crippen molar-refractivity contribution in [3.05, 3.63) is 29.8 Å². The lowest BCUT2D eigenvalue weighted by atomic mass is 9.92. The first-order valence-electron chi connectivity index (χ1n) is 8.55. The highest BCUT2D eigenvalue weighted by Gasteiger charge is 2.48. The summed E-state index contributed by atoms with van der Waals surface area (Å²) >= 11 is 0. The number of nitrogens with two attached hydrogens (primary N) is 1. The Bertz CT molecular complexity index is 602. The molecule has 4 unspecified atom stereocenters. The van der Waals surface area contributed by atoms with Gasteiger partial charge in [-0.1, -0.05) is 25.1 Å². The van der Waals surface area contributed by atoms with E-state index in [1.54, 1.807) is 18.2 Å². The molecule has 0 radical (unpaired) electrons. The third-order valence-electron chi connectivity index (χ3n) is 5.18. The van der Waals surface area contributed by atoms with Crippen LogP contribution in [0.25, 0.3) is 0 Å². The van der Waals surface area contributed by atoms with Crippen molar-refractivity contribution >= 4 is 18.3 Å². The third-order valence-corrected chi connectivity index (χ3v) is 5.18. The van der Waals surface area contributed by atoms with E-state index in [1.165, 1.54) is 6.07 Å². The first-order valence-corrected chi connectivity index (χ1v) is 8.55. The number of benzene rings is 1. The number of likely N-dealkylation sites (tertiary alicyclic amines) is 1. The lowest BCUT2D eigenvalue weighted by Crippen LogP contribution is -2.49. The molecule has 1 saturated carbocycles. The number of carbonyl (C=O) groups excluding carboxylic acids is 1. The molecule has 25 heavy (non-hydrogen) atoms. The summed E-state index contributed by atoms with van der Waals surface area (Å²) in [7, 11) is 0. The van der Waals surface area contributed by atoms with Crippen LogP contribution in [0, 0.1) is 11.8 Å². The van der Waals surface area contributed by atoms with Crippen LogP contribution in [-0.4, -0.2) is 36.5 Å². The maximum Gasteiger partial charge on any atom is 0.387 e. The van der Waals surface area contributed by atoms with Gasteiger partial charge in [0.1, 0.15) is 5.75 Å². The Morgan fingerprint density at radius 2 is 2.08 bits per heavy atom. The van der Waals surface area contributed by atoms with Crippen molar-refractivity contribution < 1.29 is 18.3 Å². The van der Waals surface area contributed by atoms with Crippen LogP contribution in [0.3, 0.4) is 0 Å². The zero-order valence-electron chi connectivity index (χ0n) is 14.2. The predicted molar refractivity (Wildman–Crippen MR) is 94.1 cm³/mol. The number of ether oxygens (including phenoxy) is 1. The Hall–Kier alpha value is -1.40. The van der Waals surface area contributed by atoms with Crippen molar-refractivity contribution in [1.82, 2.24) is 4.90 Å². The molecule has 0 bridgehead atoms. The van der Waals surface area contributed by atoms with Gasteiger partial charge in [-0.15, -0.1) is 12.4 Å². The molecule has 1 aliphatic carbocycles. The molecule has 1 heterocycles. The average molecular weight is 375 g/mol. The molecule has 4 nitrogen and oxygen atoms in total. The first-order chi connectivity index (χ1) is 11.5. The summed E-state index contributed by atoms with van der Waals surface area (Å²) in [5, 5.41) is 0. The smallest absolute Gasteiger partial charge is 0.387 e. The van der Waals surface area contributed by atoms with Crippen molar-refractivity contribution in [3.63, 3.8) is 0 Å². The fourth-order valence-electron chi connectivity index (χ4n) is 3.78. The van der Waals surface area contributed by atoms with Crippen LogP contribution >= 0.6 is 12.4 Å². The fourth-order valence-corrected chi connectivity index (χ4v) is 3.78. The summed E-state index contributed by atoms with van der Waals surface area (Å²) in [6.45, 7) is 0.533. The molecule has 3 rings (SSSR count). The minimum absolute atomic E-state index is 0. The molecule has 0 spiro atoms. The second kappa shape index (κ2) is 8.32. The standard InChI is InChI=1S/C18H24F2N2O2.ClH/c1-11-6-7-22(12(8-11)10-21)17(23)15-9-14(15)13-4-2-3-5-16(13)24-18(19)20;/h2-5,11-12,14-15,18H,6-10,21H2,1H3;1H. The molecule has 7 heteroatoms. The predicted octanol–water partition coefficient (Wildman–Crippen LogP) is 3.40. The lowest BCUT2D eigenvalue weighted by Gasteiger charge is -2.38. The molecule has 1 amide bonds. The highest BCUT2D eigenvalue weighted by Crippen LogP contribution is 2.51. The number of rotatable bonds is 5. The summed E-state index contributed by atoms with van der Waals surface area (Å²) in [5.41, 5.74) is 6.54. The number of hydrogen-bond donors (Lipinski definition) is 1. The van der Waals surface area contributed by atoms with Crippen LogP contribution in [0.5, 0.6) is 5.75 Å². The Labute approximate surface area is 153 Å². The second-order valence-electron chi connectivity index (χ2n) is 6.92. The van der Waals surface area contributed by atoms with Gasteiger partial charge in [0.2, 0.25) is 5.91 Å². The van der Waals surface area contributed by atoms with Gasteiger partial charge in [0.05, 0.1) is 0 Å². The van der Waals surface area contributed by atoms with Gasteiger partial charge in [0.15, 0.2) is 0 Å². The molecule has 2 aliphatic rings. The Morgan fingerprint density at radius 3 is 2.76 bits per heavy atom. The van der Waals surface area contributed by atoms with Gasteiger partial charge in [-0.3, -0.25) is 4.79 Å². The van der Waals surface area contributed by atoms with Crippen LogP contribution < -0.4 is 10.5 Å². The largest absolute Gasteiger partial charge is 0.435 e. The van der Waals surface area contributed by atoms with E-state index in [1.807, 2.05) is 4.90 Å². The minimum atomic E-state index is -2.86. The lowest BCUT2D eigenvalue weighted by molar-refractivity contribution is -0.136. The number of alkyl halides is 2. The maximum atomic E-state index is 12.8. The molecule has 1 aromatic rings. The molecule has 1 aromatic carbocycles. The highest BCUT2D eigenvalue weighted by molar-refractivity contribution is 5.85. The Morgan fingerprint density at radius 1 is 1.36 bits per heavy atom. The Balaban J connectivity index is 0.00000225.